The van der Waals surface area contributed by atoms with Crippen LogP contribution in [0.5, 0.6) is 0 Å². The first-order valence-electron chi connectivity index (χ1n) is 7.76. The van der Waals surface area contributed by atoms with Crippen LogP contribution in [0, 0.1) is 6.92 Å². The standard InChI is InChI=1S/C17H21BrN4O/c1-11-6-19-8-15(18)17(11)21-14-4-5-16(20-7-14)22-9-12(2)23-13(3)10-22/h4-8,12-13H,9-10H2,1-3H3,(H,19,21). The fourth-order valence-electron chi connectivity index (χ4n) is 2.85. The van der Waals surface area contributed by atoms with Crippen molar-refractivity contribution >= 4 is 33.1 Å². The maximum atomic E-state index is 5.77. The van der Waals surface area contributed by atoms with Crippen LogP contribution in [0.25, 0.3) is 0 Å². The number of ether oxygens (including phenoxy) is 1. The summed E-state index contributed by atoms with van der Waals surface area (Å²) in [5.41, 5.74) is 3.06. The first-order valence-corrected chi connectivity index (χ1v) is 8.56. The minimum atomic E-state index is 0.230. The fraction of sp³-hybridized carbons (Fsp3) is 0.412. The van der Waals surface area contributed by atoms with E-state index in [9.17, 15) is 0 Å². The predicted molar refractivity (Wildman–Crippen MR) is 96.4 cm³/mol. The zero-order valence-corrected chi connectivity index (χ0v) is 15.2. The van der Waals surface area contributed by atoms with Crippen LogP contribution in [0.2, 0.25) is 0 Å². The molecule has 0 aromatic carbocycles. The molecule has 0 radical (unpaired) electrons. The summed E-state index contributed by atoms with van der Waals surface area (Å²) in [6.07, 6.45) is 5.95. The van der Waals surface area contributed by atoms with E-state index in [2.05, 4.69) is 62.1 Å². The highest BCUT2D eigenvalue weighted by Crippen LogP contribution is 2.28. The second kappa shape index (κ2) is 6.84. The van der Waals surface area contributed by atoms with Crippen molar-refractivity contribution in [3.8, 4) is 0 Å². The molecule has 2 atom stereocenters. The Bertz CT molecular complexity index is 647. The van der Waals surface area contributed by atoms with Crippen LogP contribution in [0.4, 0.5) is 17.2 Å². The first-order chi connectivity index (χ1) is 11.0. The molecule has 6 heteroatoms. The van der Waals surface area contributed by atoms with Crippen LogP contribution in [-0.2, 0) is 4.74 Å². The van der Waals surface area contributed by atoms with Gasteiger partial charge in [0.15, 0.2) is 0 Å². The van der Waals surface area contributed by atoms with Crippen LogP contribution in [0.15, 0.2) is 35.2 Å². The molecule has 1 N–H and O–H groups in total. The van der Waals surface area contributed by atoms with Gasteiger partial charge in [-0.15, -0.1) is 0 Å². The maximum Gasteiger partial charge on any atom is 0.128 e. The first kappa shape index (κ1) is 16.2. The lowest BCUT2D eigenvalue weighted by atomic mass is 10.2. The largest absolute Gasteiger partial charge is 0.372 e. The van der Waals surface area contributed by atoms with Crippen molar-refractivity contribution < 1.29 is 4.74 Å². The Morgan fingerprint density at radius 3 is 2.52 bits per heavy atom. The Kier molecular flexibility index (Phi) is 4.82. The summed E-state index contributed by atoms with van der Waals surface area (Å²) in [6.45, 7) is 7.97. The third kappa shape index (κ3) is 3.82. The number of rotatable bonds is 3. The Labute approximate surface area is 145 Å². The highest BCUT2D eigenvalue weighted by molar-refractivity contribution is 9.10. The van der Waals surface area contributed by atoms with Crippen molar-refractivity contribution in [1.29, 1.82) is 0 Å². The number of anilines is 3. The van der Waals surface area contributed by atoms with Gasteiger partial charge in [-0.1, -0.05) is 0 Å². The zero-order valence-electron chi connectivity index (χ0n) is 13.6. The Hall–Kier alpha value is -1.66. The number of morpholine rings is 1. The van der Waals surface area contributed by atoms with Crippen LogP contribution < -0.4 is 10.2 Å². The van der Waals surface area contributed by atoms with Crippen LogP contribution in [0.3, 0.4) is 0 Å². The van der Waals surface area contributed by atoms with E-state index >= 15 is 0 Å². The molecule has 2 aromatic rings. The molecular weight excluding hydrogens is 356 g/mol. The van der Waals surface area contributed by atoms with Crippen molar-refractivity contribution in [2.24, 2.45) is 0 Å². The van der Waals surface area contributed by atoms with Gasteiger partial charge in [0.1, 0.15) is 5.82 Å². The summed E-state index contributed by atoms with van der Waals surface area (Å²) < 4.78 is 6.72. The smallest absolute Gasteiger partial charge is 0.128 e. The molecule has 1 saturated heterocycles. The summed E-state index contributed by atoms with van der Waals surface area (Å²) in [5, 5.41) is 3.40. The predicted octanol–water partition coefficient (Wildman–Crippen LogP) is 3.90. The van der Waals surface area contributed by atoms with Crippen LogP contribution >= 0.6 is 15.9 Å². The zero-order chi connectivity index (χ0) is 16.4. The summed E-state index contributed by atoms with van der Waals surface area (Å²) in [4.78, 5) is 11.0. The molecule has 1 aliphatic heterocycles. The Balaban J connectivity index is 1.75. The average molecular weight is 377 g/mol. The van der Waals surface area contributed by atoms with E-state index in [-0.39, 0.29) is 12.2 Å². The monoisotopic (exact) mass is 376 g/mol. The molecule has 0 bridgehead atoms. The molecule has 3 rings (SSSR count). The Morgan fingerprint density at radius 1 is 1.17 bits per heavy atom. The van der Waals surface area contributed by atoms with Gasteiger partial charge in [0.05, 0.1) is 34.3 Å². The minimum absolute atomic E-state index is 0.230. The molecule has 1 aliphatic rings. The second-order valence-corrected chi connectivity index (χ2v) is 6.86. The molecule has 0 spiro atoms. The molecular formula is C17H21BrN4O. The van der Waals surface area contributed by atoms with E-state index in [1.807, 2.05) is 19.3 Å². The lowest BCUT2D eigenvalue weighted by Gasteiger charge is -2.36. The van der Waals surface area contributed by atoms with Crippen molar-refractivity contribution in [1.82, 2.24) is 9.97 Å². The number of nitrogens with one attached hydrogen (secondary N) is 1. The van der Waals surface area contributed by atoms with Gasteiger partial charge in [-0.3, -0.25) is 4.98 Å². The van der Waals surface area contributed by atoms with E-state index in [1.54, 1.807) is 6.20 Å². The molecule has 1 fully saturated rings. The molecule has 5 nitrogen and oxygen atoms in total. The lowest BCUT2D eigenvalue weighted by Crippen LogP contribution is -2.45. The third-order valence-electron chi connectivity index (χ3n) is 3.85. The minimum Gasteiger partial charge on any atom is -0.372 e. The van der Waals surface area contributed by atoms with E-state index in [4.69, 9.17) is 4.74 Å². The highest BCUT2D eigenvalue weighted by Gasteiger charge is 2.22. The molecule has 0 saturated carbocycles. The fourth-order valence-corrected chi connectivity index (χ4v) is 3.38. The van der Waals surface area contributed by atoms with Gasteiger partial charge >= 0.3 is 0 Å². The summed E-state index contributed by atoms with van der Waals surface area (Å²) in [5.74, 6) is 0.989. The quantitative estimate of drug-likeness (QED) is 0.879. The number of hydrogen-bond donors (Lipinski definition) is 1. The van der Waals surface area contributed by atoms with E-state index in [0.29, 0.717) is 0 Å². The van der Waals surface area contributed by atoms with Gasteiger partial charge in [-0.2, -0.15) is 0 Å². The number of nitrogens with zero attached hydrogens (tertiary/aromatic N) is 3. The summed E-state index contributed by atoms with van der Waals surface area (Å²) in [6, 6.07) is 4.11. The summed E-state index contributed by atoms with van der Waals surface area (Å²) in [7, 11) is 0. The van der Waals surface area contributed by atoms with E-state index in [0.717, 1.165) is 40.3 Å². The topological polar surface area (TPSA) is 50.3 Å². The van der Waals surface area contributed by atoms with Crippen molar-refractivity contribution in [3.05, 3.63) is 40.8 Å². The van der Waals surface area contributed by atoms with Gasteiger partial charge in [0.2, 0.25) is 0 Å². The van der Waals surface area contributed by atoms with Crippen LogP contribution in [-0.4, -0.2) is 35.3 Å². The number of pyridine rings is 2. The molecule has 23 heavy (non-hydrogen) atoms. The third-order valence-corrected chi connectivity index (χ3v) is 4.45. The number of aromatic nitrogens is 2. The van der Waals surface area contributed by atoms with Gasteiger partial charge < -0.3 is 15.0 Å². The molecule has 122 valence electrons. The van der Waals surface area contributed by atoms with E-state index < -0.39 is 0 Å². The van der Waals surface area contributed by atoms with Crippen molar-refractivity contribution in [2.75, 3.05) is 23.3 Å². The average Bonchev–Trinajstić information content (AvgIpc) is 2.51. The van der Waals surface area contributed by atoms with Crippen molar-refractivity contribution in [3.63, 3.8) is 0 Å². The van der Waals surface area contributed by atoms with E-state index in [1.165, 1.54) is 0 Å². The number of aryl methyl sites for hydroxylation is 1. The highest BCUT2D eigenvalue weighted by atomic mass is 79.9. The van der Waals surface area contributed by atoms with Crippen LogP contribution in [0.1, 0.15) is 19.4 Å². The molecule has 0 aliphatic carbocycles. The molecule has 2 unspecified atom stereocenters. The van der Waals surface area contributed by atoms with Crippen molar-refractivity contribution in [2.45, 2.75) is 33.0 Å². The maximum absolute atomic E-state index is 5.77. The number of halogens is 1. The summed E-state index contributed by atoms with van der Waals surface area (Å²) >= 11 is 3.53. The van der Waals surface area contributed by atoms with Gasteiger partial charge in [-0.05, 0) is 54.4 Å². The normalized spacial score (nSPS) is 21.3. The SMILES string of the molecule is Cc1cncc(Br)c1Nc1ccc(N2CC(C)OC(C)C2)nc1. The lowest BCUT2D eigenvalue weighted by molar-refractivity contribution is -0.00545. The molecule has 2 aromatic heterocycles. The molecule has 0 amide bonds. The van der Waals surface area contributed by atoms with Gasteiger partial charge in [-0.25, -0.2) is 4.98 Å². The Morgan fingerprint density at radius 2 is 1.91 bits per heavy atom. The van der Waals surface area contributed by atoms with Gasteiger partial charge in [0, 0.05) is 25.5 Å². The second-order valence-electron chi connectivity index (χ2n) is 6.01. The number of hydrogen-bond acceptors (Lipinski definition) is 5. The molecule has 3 heterocycles. The van der Waals surface area contributed by atoms with Gasteiger partial charge in [0.25, 0.3) is 0 Å².